The van der Waals surface area contributed by atoms with Gasteiger partial charge in [-0.1, -0.05) is 60.0 Å². The van der Waals surface area contributed by atoms with E-state index in [1.54, 1.807) is 0 Å². The molecule has 0 saturated heterocycles. The molecule has 0 aliphatic heterocycles. The highest BCUT2D eigenvalue weighted by atomic mass is 35.5. The van der Waals surface area contributed by atoms with Gasteiger partial charge in [-0.05, 0) is 55.3 Å². The van der Waals surface area contributed by atoms with Gasteiger partial charge in [-0.15, -0.1) is 13.2 Å². The SMILES string of the molecule is CCCn1c(=Nc2ccc(OC(F)(F)F)cc2)n(Cc2ccc(C)cc2)c2cc(Cl)c(Cl)cc21. The maximum atomic E-state index is 12.5. The number of hydrogen-bond acceptors (Lipinski definition) is 2. The molecule has 0 spiro atoms. The number of nitrogens with zero attached hydrogens (tertiary/aromatic N) is 3. The summed E-state index contributed by atoms with van der Waals surface area (Å²) in [4.78, 5) is 4.81. The van der Waals surface area contributed by atoms with Crippen LogP contribution in [0.2, 0.25) is 10.0 Å². The van der Waals surface area contributed by atoms with Crippen molar-refractivity contribution in [2.24, 2.45) is 4.99 Å². The Balaban J connectivity index is 1.91. The highest BCUT2D eigenvalue weighted by molar-refractivity contribution is 6.42. The van der Waals surface area contributed by atoms with Crippen molar-refractivity contribution in [1.29, 1.82) is 0 Å². The van der Waals surface area contributed by atoms with E-state index >= 15 is 0 Å². The van der Waals surface area contributed by atoms with E-state index in [1.807, 2.05) is 40.3 Å². The fraction of sp³-hybridized carbons (Fsp3) is 0.240. The lowest BCUT2D eigenvalue weighted by Crippen LogP contribution is -2.26. The molecule has 1 heterocycles. The van der Waals surface area contributed by atoms with Crippen LogP contribution in [0.4, 0.5) is 18.9 Å². The zero-order chi connectivity index (χ0) is 24.5. The number of aryl methyl sites for hydroxylation is 2. The Kier molecular flexibility index (Phi) is 6.96. The lowest BCUT2D eigenvalue weighted by Gasteiger charge is -2.09. The van der Waals surface area contributed by atoms with E-state index in [2.05, 4.69) is 23.8 Å². The highest BCUT2D eigenvalue weighted by Crippen LogP contribution is 2.29. The third-order valence-electron chi connectivity index (χ3n) is 5.29. The number of benzene rings is 3. The van der Waals surface area contributed by atoms with Crippen LogP contribution in [-0.4, -0.2) is 15.5 Å². The van der Waals surface area contributed by atoms with E-state index in [9.17, 15) is 13.2 Å². The maximum absolute atomic E-state index is 12.5. The smallest absolute Gasteiger partial charge is 0.406 e. The molecule has 1 aromatic heterocycles. The molecule has 34 heavy (non-hydrogen) atoms. The number of fused-ring (bicyclic) bond motifs is 1. The number of alkyl halides is 3. The van der Waals surface area contributed by atoms with Gasteiger partial charge in [0.1, 0.15) is 5.75 Å². The van der Waals surface area contributed by atoms with Crippen LogP contribution in [0.5, 0.6) is 5.75 Å². The molecule has 9 heteroatoms. The molecule has 0 radical (unpaired) electrons. The minimum atomic E-state index is -4.75. The van der Waals surface area contributed by atoms with Gasteiger partial charge >= 0.3 is 6.36 Å². The topological polar surface area (TPSA) is 31.4 Å². The fourth-order valence-electron chi connectivity index (χ4n) is 3.75. The van der Waals surface area contributed by atoms with Crippen molar-refractivity contribution >= 4 is 39.9 Å². The Labute approximate surface area is 204 Å². The summed E-state index contributed by atoms with van der Waals surface area (Å²) in [7, 11) is 0. The van der Waals surface area contributed by atoms with E-state index < -0.39 is 6.36 Å². The summed E-state index contributed by atoms with van der Waals surface area (Å²) in [6.07, 6.45) is -3.91. The van der Waals surface area contributed by atoms with Crippen LogP contribution in [0.1, 0.15) is 24.5 Å². The molecule has 0 saturated carbocycles. The molecule has 0 aliphatic carbocycles. The first kappa shape index (κ1) is 24.2. The number of ether oxygens (including phenoxy) is 1. The third-order valence-corrected chi connectivity index (χ3v) is 6.01. The van der Waals surface area contributed by atoms with Gasteiger partial charge in [0.15, 0.2) is 0 Å². The van der Waals surface area contributed by atoms with Crippen molar-refractivity contribution in [1.82, 2.24) is 9.13 Å². The van der Waals surface area contributed by atoms with Gasteiger partial charge in [-0.3, -0.25) is 0 Å². The summed E-state index contributed by atoms with van der Waals surface area (Å²) in [5.41, 5.74) is 5.09. The van der Waals surface area contributed by atoms with Crippen LogP contribution in [0.15, 0.2) is 65.7 Å². The summed E-state index contributed by atoms with van der Waals surface area (Å²) in [5.74, 6) is -0.299. The van der Waals surface area contributed by atoms with Crippen molar-refractivity contribution in [3.05, 3.63) is 87.5 Å². The summed E-state index contributed by atoms with van der Waals surface area (Å²) in [6, 6.07) is 17.3. The number of halogens is 5. The molecular formula is C25H22Cl2F3N3O. The third kappa shape index (κ3) is 5.42. The summed E-state index contributed by atoms with van der Waals surface area (Å²) >= 11 is 12.7. The summed E-state index contributed by atoms with van der Waals surface area (Å²) in [5, 5.41) is 0.868. The Bertz CT molecular complexity index is 1370. The molecule has 4 aromatic rings. The molecule has 4 nitrogen and oxygen atoms in total. The molecule has 4 rings (SSSR count). The van der Waals surface area contributed by atoms with E-state index in [4.69, 9.17) is 28.2 Å². The molecule has 0 amide bonds. The van der Waals surface area contributed by atoms with Crippen molar-refractivity contribution in [3.63, 3.8) is 0 Å². The molecule has 0 atom stereocenters. The Hall–Kier alpha value is -2.90. The zero-order valence-electron chi connectivity index (χ0n) is 18.5. The lowest BCUT2D eigenvalue weighted by atomic mass is 10.1. The Morgan fingerprint density at radius 3 is 2.03 bits per heavy atom. The standard InChI is InChI=1S/C25H22Cl2F3N3O/c1-3-12-32-22-13-20(26)21(27)14-23(22)33(15-17-6-4-16(2)5-7-17)24(32)31-18-8-10-19(11-9-18)34-25(28,29)30/h4-11,13-14H,3,12,15H2,1-2H3. The molecule has 178 valence electrons. The lowest BCUT2D eigenvalue weighted by molar-refractivity contribution is -0.274. The number of rotatable bonds is 6. The first-order valence-corrected chi connectivity index (χ1v) is 11.4. The minimum absolute atomic E-state index is 0.299. The highest BCUT2D eigenvalue weighted by Gasteiger charge is 2.31. The first-order valence-electron chi connectivity index (χ1n) is 10.7. The monoisotopic (exact) mass is 507 g/mol. The molecule has 3 aromatic carbocycles. The predicted octanol–water partition coefficient (Wildman–Crippen LogP) is 7.65. The summed E-state index contributed by atoms with van der Waals surface area (Å²) < 4.78 is 45.6. The molecule has 0 fully saturated rings. The molecule has 0 aliphatic rings. The van der Waals surface area contributed by atoms with Gasteiger partial charge in [-0.2, -0.15) is 0 Å². The van der Waals surface area contributed by atoms with E-state index in [-0.39, 0.29) is 5.75 Å². The van der Waals surface area contributed by atoms with Gasteiger partial charge in [0.05, 0.1) is 33.3 Å². The van der Waals surface area contributed by atoms with Crippen molar-refractivity contribution in [3.8, 4) is 5.75 Å². The quantitative estimate of drug-likeness (QED) is 0.263. The second kappa shape index (κ2) is 9.76. The molecule has 0 N–H and O–H groups in total. The van der Waals surface area contributed by atoms with E-state index in [1.165, 1.54) is 24.3 Å². The van der Waals surface area contributed by atoms with Crippen LogP contribution in [-0.2, 0) is 13.1 Å². The van der Waals surface area contributed by atoms with Crippen molar-refractivity contribution in [2.45, 2.75) is 39.7 Å². The Morgan fingerprint density at radius 1 is 0.882 bits per heavy atom. The number of hydrogen-bond donors (Lipinski definition) is 0. The van der Waals surface area contributed by atoms with Crippen LogP contribution in [0.3, 0.4) is 0 Å². The van der Waals surface area contributed by atoms with Crippen LogP contribution in [0.25, 0.3) is 11.0 Å². The van der Waals surface area contributed by atoms with Gasteiger partial charge in [-0.25, -0.2) is 4.99 Å². The normalized spacial score (nSPS) is 12.5. The maximum Gasteiger partial charge on any atom is 0.573 e. The van der Waals surface area contributed by atoms with E-state index in [0.29, 0.717) is 34.4 Å². The molecule has 0 unspecified atom stereocenters. The van der Waals surface area contributed by atoms with Gasteiger partial charge in [0.25, 0.3) is 0 Å². The average molecular weight is 508 g/mol. The van der Waals surface area contributed by atoms with Gasteiger partial charge < -0.3 is 13.9 Å². The second-order valence-electron chi connectivity index (χ2n) is 7.93. The van der Waals surface area contributed by atoms with Crippen LogP contribution >= 0.6 is 23.2 Å². The van der Waals surface area contributed by atoms with Crippen LogP contribution < -0.4 is 10.4 Å². The summed E-state index contributed by atoms with van der Waals surface area (Å²) in [6.45, 7) is 5.28. The first-order chi connectivity index (χ1) is 16.1. The molecule has 0 bridgehead atoms. The minimum Gasteiger partial charge on any atom is -0.406 e. The average Bonchev–Trinajstić information content (AvgIpc) is 3.02. The van der Waals surface area contributed by atoms with Crippen molar-refractivity contribution in [2.75, 3.05) is 0 Å². The largest absolute Gasteiger partial charge is 0.573 e. The zero-order valence-corrected chi connectivity index (χ0v) is 20.0. The fourth-order valence-corrected chi connectivity index (χ4v) is 4.07. The van der Waals surface area contributed by atoms with Crippen LogP contribution in [0, 0.1) is 6.92 Å². The molecular weight excluding hydrogens is 486 g/mol. The van der Waals surface area contributed by atoms with Gasteiger partial charge in [0.2, 0.25) is 5.62 Å². The second-order valence-corrected chi connectivity index (χ2v) is 8.75. The van der Waals surface area contributed by atoms with Crippen molar-refractivity contribution < 1.29 is 17.9 Å². The van der Waals surface area contributed by atoms with Gasteiger partial charge in [0, 0.05) is 6.54 Å². The number of imidazole rings is 1. The number of aromatic nitrogens is 2. The predicted molar refractivity (Wildman–Crippen MR) is 129 cm³/mol. The van der Waals surface area contributed by atoms with E-state index in [0.717, 1.165) is 28.6 Å². The Morgan fingerprint density at radius 2 is 1.47 bits per heavy atom.